The van der Waals surface area contributed by atoms with E-state index < -0.39 is 0 Å². The van der Waals surface area contributed by atoms with Crippen LogP contribution in [0.2, 0.25) is 0 Å². The summed E-state index contributed by atoms with van der Waals surface area (Å²) in [7, 11) is 0. The van der Waals surface area contributed by atoms with Crippen molar-refractivity contribution in [1.29, 1.82) is 0 Å². The molecule has 13 heavy (non-hydrogen) atoms. The number of hydrogen-bond donors (Lipinski definition) is 1. The lowest BCUT2D eigenvalue weighted by Gasteiger charge is -1.82. The zero-order valence-electron chi connectivity index (χ0n) is 6.57. The summed E-state index contributed by atoms with van der Waals surface area (Å²) in [6, 6.07) is 0. The van der Waals surface area contributed by atoms with Crippen molar-refractivity contribution >= 4 is 11.6 Å². The Morgan fingerprint density at radius 2 is 2.46 bits per heavy atom. The molecule has 2 heterocycles. The van der Waals surface area contributed by atoms with E-state index in [0.29, 0.717) is 29.7 Å². The molecule has 0 atom stereocenters. The van der Waals surface area contributed by atoms with E-state index in [0.717, 1.165) is 0 Å². The quantitative estimate of drug-likeness (QED) is 0.734. The van der Waals surface area contributed by atoms with E-state index in [2.05, 4.69) is 25.6 Å². The van der Waals surface area contributed by atoms with Crippen LogP contribution in [0.1, 0.15) is 5.89 Å². The number of nitrogens with zero attached hydrogens (tertiary/aromatic N) is 4. The average Bonchev–Trinajstić information content (AvgIpc) is 2.70. The summed E-state index contributed by atoms with van der Waals surface area (Å²) in [6.07, 6.45) is 2.09. The molecule has 0 radical (unpaired) electrons. The molecular weight excluding hydrogens is 194 g/mol. The molecule has 0 aliphatic heterocycles. The minimum absolute atomic E-state index is 0.425. The second-order valence-electron chi connectivity index (χ2n) is 2.31. The SMILES string of the molecule is ClCCc1nc(-c2cn[nH]n2)no1. The summed E-state index contributed by atoms with van der Waals surface area (Å²) in [5.74, 6) is 1.39. The summed E-state index contributed by atoms with van der Waals surface area (Å²) in [6.45, 7) is 0. The molecule has 0 aromatic carbocycles. The Labute approximate surface area is 78.3 Å². The summed E-state index contributed by atoms with van der Waals surface area (Å²) < 4.78 is 4.90. The van der Waals surface area contributed by atoms with E-state index >= 15 is 0 Å². The van der Waals surface area contributed by atoms with Gasteiger partial charge in [0, 0.05) is 12.3 Å². The fourth-order valence-corrected chi connectivity index (χ4v) is 1.01. The van der Waals surface area contributed by atoms with E-state index in [4.69, 9.17) is 16.1 Å². The second kappa shape index (κ2) is 3.53. The molecule has 2 aromatic heterocycles. The van der Waals surface area contributed by atoms with E-state index in [9.17, 15) is 0 Å². The van der Waals surface area contributed by atoms with Crippen LogP contribution in [0.3, 0.4) is 0 Å². The Bertz CT molecular complexity index is 370. The zero-order chi connectivity index (χ0) is 9.10. The van der Waals surface area contributed by atoms with Gasteiger partial charge in [-0.15, -0.1) is 11.6 Å². The van der Waals surface area contributed by atoms with E-state index in [1.54, 1.807) is 0 Å². The second-order valence-corrected chi connectivity index (χ2v) is 2.68. The van der Waals surface area contributed by atoms with Gasteiger partial charge in [0.05, 0.1) is 6.20 Å². The highest BCUT2D eigenvalue weighted by molar-refractivity contribution is 6.17. The van der Waals surface area contributed by atoms with E-state index in [1.165, 1.54) is 6.20 Å². The van der Waals surface area contributed by atoms with Crippen molar-refractivity contribution in [3.8, 4) is 11.5 Å². The highest BCUT2D eigenvalue weighted by Crippen LogP contribution is 2.10. The van der Waals surface area contributed by atoms with Crippen LogP contribution in [-0.2, 0) is 6.42 Å². The third-order valence-electron chi connectivity index (χ3n) is 1.42. The summed E-state index contributed by atoms with van der Waals surface area (Å²) >= 11 is 5.51. The van der Waals surface area contributed by atoms with Gasteiger partial charge in [-0.05, 0) is 0 Å². The van der Waals surface area contributed by atoms with Crippen molar-refractivity contribution in [3.05, 3.63) is 12.1 Å². The van der Waals surface area contributed by atoms with Gasteiger partial charge >= 0.3 is 0 Å². The van der Waals surface area contributed by atoms with Crippen LogP contribution < -0.4 is 0 Å². The maximum atomic E-state index is 5.51. The molecule has 0 unspecified atom stereocenters. The van der Waals surface area contributed by atoms with Crippen molar-refractivity contribution in [2.24, 2.45) is 0 Å². The Hall–Kier alpha value is -1.43. The maximum Gasteiger partial charge on any atom is 0.228 e. The van der Waals surface area contributed by atoms with Crippen LogP contribution in [0.4, 0.5) is 0 Å². The molecule has 0 fully saturated rings. The molecule has 0 spiro atoms. The Morgan fingerprint density at radius 1 is 1.54 bits per heavy atom. The first kappa shape index (κ1) is 8.18. The number of hydrogen-bond acceptors (Lipinski definition) is 5. The molecule has 6 nitrogen and oxygen atoms in total. The minimum atomic E-state index is 0.425. The largest absolute Gasteiger partial charge is 0.339 e. The van der Waals surface area contributed by atoms with Gasteiger partial charge in [0.15, 0.2) is 5.69 Å². The van der Waals surface area contributed by atoms with Crippen LogP contribution >= 0.6 is 11.6 Å². The Kier molecular flexibility index (Phi) is 2.22. The van der Waals surface area contributed by atoms with Crippen LogP contribution in [-0.4, -0.2) is 31.4 Å². The predicted octanol–water partition coefficient (Wildman–Crippen LogP) is 0.636. The Balaban J connectivity index is 2.23. The highest BCUT2D eigenvalue weighted by Gasteiger charge is 2.09. The normalized spacial score (nSPS) is 10.5. The number of aromatic nitrogens is 5. The Morgan fingerprint density at radius 3 is 3.15 bits per heavy atom. The fourth-order valence-electron chi connectivity index (χ4n) is 0.851. The first-order valence-corrected chi connectivity index (χ1v) is 4.18. The maximum absolute atomic E-state index is 5.51. The molecule has 0 aliphatic rings. The van der Waals surface area contributed by atoms with Gasteiger partial charge in [-0.2, -0.15) is 20.4 Å². The standard InChI is InChI=1S/C6H6ClN5O/c7-2-1-5-9-6(11-13-5)4-3-8-12-10-4/h3H,1-2H2,(H,8,10,12). The monoisotopic (exact) mass is 199 g/mol. The van der Waals surface area contributed by atoms with Gasteiger partial charge in [-0.25, -0.2) is 0 Å². The van der Waals surface area contributed by atoms with Crippen LogP contribution in [0, 0.1) is 0 Å². The molecule has 1 N–H and O–H groups in total. The molecule has 2 aromatic rings. The number of alkyl halides is 1. The molecule has 0 saturated carbocycles. The summed E-state index contributed by atoms with van der Waals surface area (Å²) in [4.78, 5) is 4.06. The third-order valence-corrected chi connectivity index (χ3v) is 1.61. The first-order chi connectivity index (χ1) is 6.40. The van der Waals surface area contributed by atoms with Gasteiger partial charge in [-0.3, -0.25) is 0 Å². The van der Waals surface area contributed by atoms with Crippen LogP contribution in [0.15, 0.2) is 10.7 Å². The van der Waals surface area contributed by atoms with E-state index in [-0.39, 0.29) is 0 Å². The van der Waals surface area contributed by atoms with Gasteiger partial charge in [0.25, 0.3) is 0 Å². The smallest absolute Gasteiger partial charge is 0.228 e. The summed E-state index contributed by atoms with van der Waals surface area (Å²) in [5.41, 5.74) is 0.560. The van der Waals surface area contributed by atoms with Crippen molar-refractivity contribution < 1.29 is 4.52 Å². The third kappa shape index (κ3) is 1.67. The zero-order valence-corrected chi connectivity index (χ0v) is 7.32. The van der Waals surface area contributed by atoms with Crippen LogP contribution in [0.5, 0.6) is 0 Å². The van der Waals surface area contributed by atoms with Crippen molar-refractivity contribution in [3.63, 3.8) is 0 Å². The molecule has 0 amide bonds. The van der Waals surface area contributed by atoms with E-state index in [1.807, 2.05) is 0 Å². The number of aryl methyl sites for hydroxylation is 1. The van der Waals surface area contributed by atoms with Crippen molar-refractivity contribution in [2.75, 3.05) is 5.88 Å². The van der Waals surface area contributed by atoms with Gasteiger partial charge in [0.2, 0.25) is 11.7 Å². The minimum Gasteiger partial charge on any atom is -0.339 e. The van der Waals surface area contributed by atoms with Gasteiger partial charge < -0.3 is 4.52 Å². The van der Waals surface area contributed by atoms with Crippen molar-refractivity contribution in [1.82, 2.24) is 25.6 Å². The number of halogens is 1. The number of nitrogens with one attached hydrogen (secondary N) is 1. The van der Waals surface area contributed by atoms with Gasteiger partial charge in [0.1, 0.15) is 0 Å². The predicted molar refractivity (Wildman–Crippen MR) is 44.1 cm³/mol. The molecular formula is C6H6ClN5O. The van der Waals surface area contributed by atoms with Crippen molar-refractivity contribution in [2.45, 2.75) is 6.42 Å². The average molecular weight is 200 g/mol. The number of H-pyrrole nitrogens is 1. The molecule has 2 rings (SSSR count). The lowest BCUT2D eigenvalue weighted by molar-refractivity contribution is 0.383. The first-order valence-electron chi connectivity index (χ1n) is 3.65. The van der Waals surface area contributed by atoms with Crippen LogP contribution in [0.25, 0.3) is 11.5 Å². The molecule has 0 saturated heterocycles. The molecule has 7 heteroatoms. The lowest BCUT2D eigenvalue weighted by atomic mass is 10.4. The molecule has 0 bridgehead atoms. The number of rotatable bonds is 3. The van der Waals surface area contributed by atoms with Gasteiger partial charge in [-0.1, -0.05) is 5.16 Å². The highest BCUT2D eigenvalue weighted by atomic mass is 35.5. The fraction of sp³-hybridized carbons (Fsp3) is 0.333. The number of aromatic amines is 1. The topological polar surface area (TPSA) is 80.5 Å². The summed E-state index contributed by atoms with van der Waals surface area (Å²) in [5, 5.41) is 13.6. The lowest BCUT2D eigenvalue weighted by Crippen LogP contribution is -1.86. The molecule has 0 aliphatic carbocycles. The molecule has 68 valence electrons.